The highest BCUT2D eigenvalue weighted by atomic mass is 15.2. The highest BCUT2D eigenvalue weighted by molar-refractivity contribution is 5.75. The number of hydrogen-bond acceptors (Lipinski definition) is 2. The van der Waals surface area contributed by atoms with E-state index in [1.165, 1.54) is 37.0 Å². The number of fused-ring (bicyclic) bond motifs is 1. The summed E-state index contributed by atoms with van der Waals surface area (Å²) >= 11 is 0. The molecule has 0 radical (unpaired) electrons. The first-order chi connectivity index (χ1) is 9.24. The van der Waals surface area contributed by atoms with Crippen LogP contribution in [0.1, 0.15) is 38.1 Å². The van der Waals surface area contributed by atoms with Crippen molar-refractivity contribution in [2.24, 2.45) is 5.92 Å². The Morgan fingerprint density at radius 1 is 1.32 bits per heavy atom. The van der Waals surface area contributed by atoms with Gasteiger partial charge < -0.3 is 4.98 Å². The van der Waals surface area contributed by atoms with Gasteiger partial charge in [-0.05, 0) is 56.0 Å². The van der Waals surface area contributed by atoms with Crippen LogP contribution in [0.4, 0.5) is 0 Å². The Hall–Kier alpha value is -1.35. The number of hydrogen-bond donors (Lipinski definition) is 1. The minimum Gasteiger partial charge on any atom is -0.341 e. The molecule has 3 heteroatoms. The van der Waals surface area contributed by atoms with Crippen LogP contribution in [0.15, 0.2) is 18.2 Å². The third-order valence-corrected chi connectivity index (χ3v) is 4.25. The maximum Gasteiger partial charge on any atom is 0.121 e. The SMILES string of the molecule is CCc1ccc2nc(CN3CCC(C)CC3)[nH]c2c1. The summed E-state index contributed by atoms with van der Waals surface area (Å²) in [5.41, 5.74) is 3.65. The molecule has 1 fully saturated rings. The highest BCUT2D eigenvalue weighted by Gasteiger charge is 2.16. The second kappa shape index (κ2) is 5.33. The molecule has 0 saturated carbocycles. The highest BCUT2D eigenvalue weighted by Crippen LogP contribution is 2.19. The molecule has 3 nitrogen and oxygen atoms in total. The summed E-state index contributed by atoms with van der Waals surface area (Å²) in [6.45, 7) is 7.91. The summed E-state index contributed by atoms with van der Waals surface area (Å²) in [5.74, 6) is 2.00. The van der Waals surface area contributed by atoms with Crippen molar-refractivity contribution in [2.45, 2.75) is 39.7 Å². The van der Waals surface area contributed by atoms with Gasteiger partial charge in [-0.25, -0.2) is 4.98 Å². The Bertz CT molecular complexity index is 550. The largest absolute Gasteiger partial charge is 0.341 e. The van der Waals surface area contributed by atoms with Crippen LogP contribution in [0.2, 0.25) is 0 Å². The lowest BCUT2D eigenvalue weighted by molar-refractivity contribution is 0.182. The van der Waals surface area contributed by atoms with Gasteiger partial charge in [-0.15, -0.1) is 0 Å². The third-order valence-electron chi connectivity index (χ3n) is 4.25. The Morgan fingerprint density at radius 2 is 2.11 bits per heavy atom. The molecule has 1 aromatic carbocycles. The molecule has 1 aliphatic heterocycles. The minimum absolute atomic E-state index is 0.888. The zero-order valence-corrected chi connectivity index (χ0v) is 11.9. The van der Waals surface area contributed by atoms with Gasteiger partial charge in [0.2, 0.25) is 0 Å². The van der Waals surface area contributed by atoms with E-state index >= 15 is 0 Å². The zero-order chi connectivity index (χ0) is 13.2. The summed E-state index contributed by atoms with van der Waals surface area (Å²) in [4.78, 5) is 10.7. The van der Waals surface area contributed by atoms with Crippen LogP contribution in [0.3, 0.4) is 0 Å². The predicted octanol–water partition coefficient (Wildman–Crippen LogP) is 3.36. The van der Waals surface area contributed by atoms with Gasteiger partial charge in [0, 0.05) is 0 Å². The van der Waals surface area contributed by atoms with Gasteiger partial charge in [0.1, 0.15) is 5.82 Å². The molecule has 0 spiro atoms. The molecule has 1 aromatic heterocycles. The minimum atomic E-state index is 0.888. The average Bonchev–Trinajstić information content (AvgIpc) is 2.82. The Morgan fingerprint density at radius 3 is 2.84 bits per heavy atom. The molecule has 3 rings (SSSR count). The Labute approximate surface area is 115 Å². The first-order valence-electron chi connectivity index (χ1n) is 7.44. The predicted molar refractivity (Wildman–Crippen MR) is 79.1 cm³/mol. The number of aromatic amines is 1. The van der Waals surface area contributed by atoms with Crippen molar-refractivity contribution < 1.29 is 0 Å². The fraction of sp³-hybridized carbons (Fsp3) is 0.562. The maximum absolute atomic E-state index is 4.70. The molecule has 1 aliphatic rings. The molecule has 2 aromatic rings. The standard InChI is InChI=1S/C16H23N3/c1-3-13-4-5-14-15(10-13)18-16(17-14)11-19-8-6-12(2)7-9-19/h4-5,10,12H,3,6-9,11H2,1-2H3,(H,17,18). The van der Waals surface area contributed by atoms with Gasteiger partial charge in [-0.2, -0.15) is 0 Å². The van der Waals surface area contributed by atoms with Crippen molar-refractivity contribution in [1.29, 1.82) is 0 Å². The number of nitrogens with one attached hydrogen (secondary N) is 1. The topological polar surface area (TPSA) is 31.9 Å². The molecule has 0 bridgehead atoms. The summed E-state index contributed by atoms with van der Waals surface area (Å²) < 4.78 is 0. The number of likely N-dealkylation sites (tertiary alicyclic amines) is 1. The third kappa shape index (κ3) is 2.81. The van der Waals surface area contributed by atoms with Crippen molar-refractivity contribution in [3.8, 4) is 0 Å². The van der Waals surface area contributed by atoms with Gasteiger partial charge >= 0.3 is 0 Å². The number of H-pyrrole nitrogens is 1. The summed E-state index contributed by atoms with van der Waals surface area (Å²) in [6, 6.07) is 6.53. The fourth-order valence-electron chi connectivity index (χ4n) is 2.84. The van der Waals surface area contributed by atoms with E-state index in [9.17, 15) is 0 Å². The second-order valence-corrected chi connectivity index (χ2v) is 5.85. The van der Waals surface area contributed by atoms with Crippen LogP contribution in [-0.4, -0.2) is 28.0 Å². The average molecular weight is 257 g/mol. The lowest BCUT2D eigenvalue weighted by atomic mass is 9.99. The summed E-state index contributed by atoms with van der Waals surface area (Å²) in [5, 5.41) is 0. The number of rotatable bonds is 3. The van der Waals surface area contributed by atoms with Crippen LogP contribution in [-0.2, 0) is 13.0 Å². The summed E-state index contributed by atoms with van der Waals surface area (Å²) in [7, 11) is 0. The number of piperidine rings is 1. The number of aryl methyl sites for hydroxylation is 1. The van der Waals surface area contributed by atoms with Crippen molar-refractivity contribution in [1.82, 2.24) is 14.9 Å². The van der Waals surface area contributed by atoms with E-state index in [0.717, 1.165) is 30.2 Å². The van der Waals surface area contributed by atoms with E-state index in [2.05, 4.69) is 41.9 Å². The number of aromatic nitrogens is 2. The lowest BCUT2D eigenvalue weighted by Crippen LogP contribution is -2.32. The first kappa shape index (κ1) is 12.7. The normalized spacial score (nSPS) is 18.2. The van der Waals surface area contributed by atoms with Crippen LogP contribution >= 0.6 is 0 Å². The molecule has 0 unspecified atom stereocenters. The van der Waals surface area contributed by atoms with Gasteiger partial charge in [-0.3, -0.25) is 4.90 Å². The maximum atomic E-state index is 4.70. The van der Waals surface area contributed by atoms with Crippen LogP contribution < -0.4 is 0 Å². The fourth-order valence-corrected chi connectivity index (χ4v) is 2.84. The molecule has 1 N–H and O–H groups in total. The molecule has 0 aliphatic carbocycles. The molecule has 2 heterocycles. The van der Waals surface area contributed by atoms with Crippen LogP contribution in [0.25, 0.3) is 11.0 Å². The van der Waals surface area contributed by atoms with E-state index in [1.54, 1.807) is 0 Å². The molecule has 0 amide bonds. The smallest absolute Gasteiger partial charge is 0.121 e. The van der Waals surface area contributed by atoms with Crippen LogP contribution in [0, 0.1) is 5.92 Å². The van der Waals surface area contributed by atoms with Crippen molar-refractivity contribution >= 4 is 11.0 Å². The van der Waals surface area contributed by atoms with E-state index in [0.29, 0.717) is 0 Å². The monoisotopic (exact) mass is 257 g/mol. The Kier molecular flexibility index (Phi) is 3.56. The quantitative estimate of drug-likeness (QED) is 0.914. The van der Waals surface area contributed by atoms with Crippen molar-refractivity contribution in [2.75, 3.05) is 13.1 Å². The second-order valence-electron chi connectivity index (χ2n) is 5.85. The van der Waals surface area contributed by atoms with Gasteiger partial charge in [-0.1, -0.05) is 19.9 Å². The lowest BCUT2D eigenvalue weighted by Gasteiger charge is -2.29. The number of nitrogens with zero attached hydrogens (tertiary/aromatic N) is 2. The molecule has 19 heavy (non-hydrogen) atoms. The van der Waals surface area contributed by atoms with Crippen molar-refractivity contribution in [3.63, 3.8) is 0 Å². The summed E-state index contributed by atoms with van der Waals surface area (Å²) in [6.07, 6.45) is 3.72. The van der Waals surface area contributed by atoms with Gasteiger partial charge in [0.25, 0.3) is 0 Å². The number of benzene rings is 1. The molecule has 1 saturated heterocycles. The molecular formula is C16H23N3. The number of imidazole rings is 1. The molecular weight excluding hydrogens is 234 g/mol. The van der Waals surface area contributed by atoms with Crippen molar-refractivity contribution in [3.05, 3.63) is 29.6 Å². The first-order valence-corrected chi connectivity index (χ1v) is 7.44. The van der Waals surface area contributed by atoms with Gasteiger partial charge in [0.05, 0.1) is 17.6 Å². The molecule has 0 atom stereocenters. The molecule has 102 valence electrons. The van der Waals surface area contributed by atoms with Crippen LogP contribution in [0.5, 0.6) is 0 Å². The van der Waals surface area contributed by atoms with E-state index in [1.807, 2.05) is 0 Å². The Balaban J connectivity index is 1.74. The van der Waals surface area contributed by atoms with Gasteiger partial charge in [0.15, 0.2) is 0 Å². The zero-order valence-electron chi connectivity index (χ0n) is 11.9. The van der Waals surface area contributed by atoms with E-state index in [4.69, 9.17) is 4.98 Å². The van der Waals surface area contributed by atoms with E-state index < -0.39 is 0 Å². The van der Waals surface area contributed by atoms with E-state index in [-0.39, 0.29) is 0 Å².